The summed E-state index contributed by atoms with van der Waals surface area (Å²) in [5, 5.41) is 0. The van der Waals surface area contributed by atoms with Gasteiger partial charge in [0, 0.05) is 13.1 Å². The maximum Gasteiger partial charge on any atom is 0.413 e. The highest BCUT2D eigenvalue weighted by molar-refractivity contribution is 5.80. The first kappa shape index (κ1) is 27.1. The number of carbonyl (C=O) groups is 2. The first-order valence-electron chi connectivity index (χ1n) is 13.2. The number of methoxy groups -OCH3 is 1. The van der Waals surface area contributed by atoms with Gasteiger partial charge in [0.1, 0.15) is 5.72 Å². The van der Waals surface area contributed by atoms with Crippen molar-refractivity contribution in [3.8, 4) is 0 Å². The van der Waals surface area contributed by atoms with Crippen LogP contribution in [0.5, 0.6) is 0 Å². The van der Waals surface area contributed by atoms with Gasteiger partial charge in [-0.3, -0.25) is 9.80 Å². The van der Waals surface area contributed by atoms with Gasteiger partial charge in [0.25, 0.3) is 0 Å². The number of nitrogens with zero attached hydrogens (tertiary/aromatic N) is 2. The van der Waals surface area contributed by atoms with Crippen molar-refractivity contribution in [2.75, 3.05) is 13.7 Å². The summed E-state index contributed by atoms with van der Waals surface area (Å²) in [6.45, 7) is 9.18. The lowest BCUT2D eigenvalue weighted by Crippen LogP contribution is -2.56. The highest BCUT2D eigenvalue weighted by atomic mass is 16.6. The molecule has 2 aliphatic rings. The number of esters is 1. The second-order valence-corrected chi connectivity index (χ2v) is 11.3. The number of rotatable bonds is 10. The van der Waals surface area contributed by atoms with Crippen molar-refractivity contribution in [2.24, 2.45) is 5.92 Å². The summed E-state index contributed by atoms with van der Waals surface area (Å²) in [4.78, 5) is 30.8. The van der Waals surface area contributed by atoms with Crippen LogP contribution in [0.2, 0.25) is 0 Å². The fraction of sp³-hybridized carbons (Fsp3) is 0.533. The SMILES string of the molecule is COC(=O)[C@H](OC(=O)N1C(C)(C)COC1(C)C)[C@H](CC1CC1)N(Cc1ccccc1)Cc1ccccc1. The number of benzene rings is 2. The van der Waals surface area contributed by atoms with Crippen LogP contribution in [0.4, 0.5) is 4.79 Å². The van der Waals surface area contributed by atoms with Crippen LogP contribution in [-0.2, 0) is 32.1 Å². The number of hydrogen-bond acceptors (Lipinski definition) is 6. The zero-order chi connectivity index (χ0) is 26.6. The monoisotopic (exact) mass is 508 g/mol. The van der Waals surface area contributed by atoms with Crippen LogP contribution in [0.1, 0.15) is 58.1 Å². The predicted molar refractivity (Wildman–Crippen MR) is 141 cm³/mol. The third-order valence-corrected chi connectivity index (χ3v) is 7.31. The number of ether oxygens (including phenoxy) is 3. The highest BCUT2D eigenvalue weighted by Crippen LogP contribution is 2.38. The molecule has 200 valence electrons. The molecule has 1 amide bonds. The molecule has 0 aromatic heterocycles. The van der Waals surface area contributed by atoms with Crippen LogP contribution >= 0.6 is 0 Å². The van der Waals surface area contributed by atoms with E-state index in [1.165, 1.54) is 7.11 Å². The molecule has 0 N–H and O–H groups in total. The van der Waals surface area contributed by atoms with Gasteiger partial charge in [0.05, 0.1) is 25.3 Å². The van der Waals surface area contributed by atoms with Gasteiger partial charge in [-0.05, 0) is 51.2 Å². The van der Waals surface area contributed by atoms with E-state index in [9.17, 15) is 9.59 Å². The quantitative estimate of drug-likeness (QED) is 0.401. The van der Waals surface area contributed by atoms with Gasteiger partial charge in [0.2, 0.25) is 6.10 Å². The molecule has 1 saturated carbocycles. The van der Waals surface area contributed by atoms with E-state index < -0.39 is 29.4 Å². The normalized spacial score (nSPS) is 19.9. The standard InChI is InChI=1S/C30H40N2O5/c1-29(2)21-36-30(3,4)32(29)28(34)37-26(27(33)35-5)25(18-22-16-17-22)31(19-23-12-8-6-9-13-23)20-24-14-10-7-11-15-24/h6-15,22,25-26H,16-21H2,1-5H3/t25-,26+/m0/s1. The predicted octanol–water partition coefficient (Wildman–Crippen LogP) is 5.38. The van der Waals surface area contributed by atoms with Gasteiger partial charge in [-0.1, -0.05) is 73.5 Å². The molecule has 4 rings (SSSR count). The lowest BCUT2D eigenvalue weighted by molar-refractivity contribution is -0.157. The maximum absolute atomic E-state index is 13.6. The second kappa shape index (κ2) is 11.2. The first-order valence-corrected chi connectivity index (χ1v) is 13.2. The molecule has 1 aliphatic carbocycles. The number of carbonyl (C=O) groups excluding carboxylic acids is 2. The van der Waals surface area contributed by atoms with E-state index >= 15 is 0 Å². The smallest absolute Gasteiger partial charge is 0.413 e. The van der Waals surface area contributed by atoms with E-state index in [1.54, 1.807) is 4.90 Å². The van der Waals surface area contributed by atoms with Gasteiger partial charge in [-0.15, -0.1) is 0 Å². The van der Waals surface area contributed by atoms with Gasteiger partial charge in [-0.25, -0.2) is 9.59 Å². The number of amides is 1. The summed E-state index contributed by atoms with van der Waals surface area (Å²) >= 11 is 0. The zero-order valence-corrected chi connectivity index (χ0v) is 22.7. The minimum Gasteiger partial charge on any atom is -0.466 e. The molecule has 7 nitrogen and oxygen atoms in total. The Kier molecular flexibility index (Phi) is 8.24. The van der Waals surface area contributed by atoms with Gasteiger partial charge >= 0.3 is 12.1 Å². The molecule has 2 aromatic rings. The Bertz CT molecular complexity index is 995. The van der Waals surface area contributed by atoms with Gasteiger partial charge < -0.3 is 14.2 Å². The Morgan fingerprint density at radius 2 is 1.51 bits per heavy atom. The topological polar surface area (TPSA) is 68.3 Å². The summed E-state index contributed by atoms with van der Waals surface area (Å²) < 4.78 is 17.2. The molecule has 2 atom stereocenters. The fourth-order valence-corrected chi connectivity index (χ4v) is 5.32. The third kappa shape index (κ3) is 6.70. The van der Waals surface area contributed by atoms with Crippen LogP contribution < -0.4 is 0 Å². The van der Waals surface area contributed by atoms with Crippen molar-refractivity contribution in [1.82, 2.24) is 9.80 Å². The van der Waals surface area contributed by atoms with E-state index in [0.29, 0.717) is 25.6 Å². The zero-order valence-electron chi connectivity index (χ0n) is 22.7. The molecule has 2 fully saturated rings. The minimum atomic E-state index is -1.07. The molecular formula is C30H40N2O5. The van der Waals surface area contributed by atoms with Crippen LogP contribution in [0.15, 0.2) is 60.7 Å². The van der Waals surface area contributed by atoms with Crippen molar-refractivity contribution in [1.29, 1.82) is 0 Å². The van der Waals surface area contributed by atoms with Gasteiger partial charge in [-0.2, -0.15) is 0 Å². The van der Waals surface area contributed by atoms with E-state index in [0.717, 1.165) is 30.4 Å². The van der Waals surface area contributed by atoms with Crippen molar-refractivity contribution in [3.63, 3.8) is 0 Å². The van der Waals surface area contributed by atoms with Crippen molar-refractivity contribution < 1.29 is 23.8 Å². The van der Waals surface area contributed by atoms with E-state index in [-0.39, 0.29) is 6.04 Å². The lowest BCUT2D eigenvalue weighted by atomic mass is 9.99. The summed E-state index contributed by atoms with van der Waals surface area (Å²) in [6, 6.07) is 20.0. The van der Waals surface area contributed by atoms with E-state index in [1.807, 2.05) is 64.1 Å². The van der Waals surface area contributed by atoms with Crippen LogP contribution in [-0.4, -0.2) is 59.0 Å². The molecule has 0 unspecified atom stereocenters. The average Bonchev–Trinajstić information content (AvgIpc) is 3.66. The Morgan fingerprint density at radius 1 is 0.973 bits per heavy atom. The largest absolute Gasteiger partial charge is 0.466 e. The summed E-state index contributed by atoms with van der Waals surface area (Å²) in [5.74, 6) is -0.0474. The third-order valence-electron chi connectivity index (χ3n) is 7.31. The van der Waals surface area contributed by atoms with E-state index in [4.69, 9.17) is 14.2 Å². The molecule has 0 bridgehead atoms. The Hall–Kier alpha value is -2.90. The van der Waals surface area contributed by atoms with E-state index in [2.05, 4.69) is 29.2 Å². The average molecular weight is 509 g/mol. The van der Waals surface area contributed by atoms with Crippen molar-refractivity contribution in [3.05, 3.63) is 71.8 Å². The molecule has 0 spiro atoms. The van der Waals surface area contributed by atoms with Gasteiger partial charge in [0.15, 0.2) is 0 Å². The molecule has 1 aliphatic heterocycles. The van der Waals surface area contributed by atoms with Crippen LogP contribution in [0, 0.1) is 5.92 Å². The minimum absolute atomic E-state index is 0.348. The summed E-state index contributed by atoms with van der Waals surface area (Å²) in [6.07, 6.45) is 1.34. The fourth-order valence-electron chi connectivity index (χ4n) is 5.32. The molecule has 1 saturated heterocycles. The van der Waals surface area contributed by atoms with Crippen molar-refractivity contribution >= 4 is 12.1 Å². The molecule has 0 radical (unpaired) electrons. The second-order valence-electron chi connectivity index (χ2n) is 11.3. The summed E-state index contributed by atoms with van der Waals surface area (Å²) in [5.41, 5.74) is 0.843. The molecule has 37 heavy (non-hydrogen) atoms. The molecule has 7 heteroatoms. The maximum atomic E-state index is 13.6. The Labute approximate surface area is 220 Å². The molecule has 1 heterocycles. The number of hydrogen-bond donors (Lipinski definition) is 0. The summed E-state index contributed by atoms with van der Waals surface area (Å²) in [7, 11) is 1.35. The van der Waals surface area contributed by atoms with Crippen molar-refractivity contribution in [2.45, 2.75) is 83.5 Å². The highest BCUT2D eigenvalue weighted by Gasteiger charge is 2.51. The Morgan fingerprint density at radius 3 is 1.95 bits per heavy atom. The molecule has 2 aromatic carbocycles. The lowest BCUT2D eigenvalue weighted by Gasteiger charge is -2.40. The molecular weight excluding hydrogens is 468 g/mol. The Balaban J connectivity index is 1.68. The van der Waals surface area contributed by atoms with Crippen LogP contribution in [0.3, 0.4) is 0 Å². The van der Waals surface area contributed by atoms with Crippen LogP contribution in [0.25, 0.3) is 0 Å². The first-order chi connectivity index (χ1) is 17.6.